The molecule has 1 rings (SSSR count). The number of halogens is 1. The zero-order valence-electron chi connectivity index (χ0n) is 11.4. The second kappa shape index (κ2) is 7.57. The molecule has 1 aromatic rings. The first-order valence-electron chi connectivity index (χ1n) is 6.56. The summed E-state index contributed by atoms with van der Waals surface area (Å²) in [6, 6.07) is 8.14. The van der Waals surface area contributed by atoms with Crippen LogP contribution in [0.15, 0.2) is 24.3 Å². The van der Waals surface area contributed by atoms with Crippen molar-refractivity contribution >= 4 is 21.8 Å². The summed E-state index contributed by atoms with van der Waals surface area (Å²) in [5, 5.41) is 0.929. The largest absolute Gasteiger partial charge is 0.336 e. The van der Waals surface area contributed by atoms with Gasteiger partial charge in [0.15, 0.2) is 0 Å². The van der Waals surface area contributed by atoms with Gasteiger partial charge in [0.1, 0.15) is 0 Å². The van der Waals surface area contributed by atoms with Crippen LogP contribution in [-0.4, -0.2) is 28.7 Å². The molecule has 0 spiro atoms. The smallest absolute Gasteiger partial charge is 0.254 e. The lowest BCUT2D eigenvalue weighted by atomic mass is 10.0. The second-order valence-electron chi connectivity index (χ2n) is 4.65. The van der Waals surface area contributed by atoms with Crippen LogP contribution in [0.4, 0.5) is 0 Å². The lowest BCUT2D eigenvalue weighted by molar-refractivity contribution is 0.0705. The number of amides is 1. The second-order valence-corrected chi connectivity index (χ2v) is 5.44. The third-order valence-corrected chi connectivity index (χ3v) is 3.61. The summed E-state index contributed by atoms with van der Waals surface area (Å²) in [5.41, 5.74) is 1.98. The summed E-state index contributed by atoms with van der Waals surface area (Å²) in [6.07, 6.45) is 1.88. The van der Waals surface area contributed by atoms with Gasteiger partial charge < -0.3 is 4.90 Å². The molecule has 0 aliphatic rings. The monoisotopic (exact) mass is 311 g/mol. The summed E-state index contributed by atoms with van der Waals surface area (Å²) >= 11 is 3.42. The van der Waals surface area contributed by atoms with E-state index in [1.165, 1.54) is 0 Å². The van der Waals surface area contributed by atoms with Crippen molar-refractivity contribution in [1.29, 1.82) is 0 Å². The molecule has 0 aliphatic carbocycles. The van der Waals surface area contributed by atoms with Crippen LogP contribution in [0, 0.1) is 0 Å². The first-order valence-corrected chi connectivity index (χ1v) is 7.68. The van der Waals surface area contributed by atoms with Gasteiger partial charge in [-0.25, -0.2) is 0 Å². The van der Waals surface area contributed by atoms with Crippen LogP contribution in [0.25, 0.3) is 0 Å². The third kappa shape index (κ3) is 3.84. The van der Waals surface area contributed by atoms with Gasteiger partial charge in [-0.05, 0) is 38.3 Å². The molecular formula is C15H22BrNO. The van der Waals surface area contributed by atoms with Gasteiger partial charge in [-0.15, -0.1) is 0 Å². The molecule has 0 radical (unpaired) electrons. The Bertz CT molecular complexity index is 390. The normalized spacial score (nSPS) is 10.7. The first kappa shape index (κ1) is 15.2. The predicted octanol–water partition coefficient (Wildman–Crippen LogP) is 3.88. The highest BCUT2D eigenvalue weighted by Crippen LogP contribution is 2.15. The minimum atomic E-state index is 0.156. The quantitative estimate of drug-likeness (QED) is 0.730. The number of benzene rings is 1. The van der Waals surface area contributed by atoms with Gasteiger partial charge in [-0.3, -0.25) is 4.79 Å². The van der Waals surface area contributed by atoms with Crippen molar-refractivity contribution in [3.8, 4) is 0 Å². The maximum atomic E-state index is 12.6. The zero-order chi connectivity index (χ0) is 13.5. The maximum absolute atomic E-state index is 12.6. The summed E-state index contributed by atoms with van der Waals surface area (Å²) in [5.74, 6) is 0.156. The molecule has 100 valence electrons. The fourth-order valence-electron chi connectivity index (χ4n) is 2.02. The maximum Gasteiger partial charge on any atom is 0.254 e. The third-order valence-electron chi connectivity index (χ3n) is 3.05. The standard InChI is InChI=1S/C15H22BrNO/c1-4-13-8-5-6-9-14(13)15(18)17(12(2)3)11-7-10-16/h5-6,8-9,12H,4,7,10-11H2,1-3H3. The van der Waals surface area contributed by atoms with Crippen molar-refractivity contribution in [3.63, 3.8) is 0 Å². The van der Waals surface area contributed by atoms with E-state index >= 15 is 0 Å². The molecule has 0 bridgehead atoms. The van der Waals surface area contributed by atoms with E-state index < -0.39 is 0 Å². The Morgan fingerprint density at radius 3 is 2.56 bits per heavy atom. The molecule has 0 unspecified atom stereocenters. The van der Waals surface area contributed by atoms with E-state index in [2.05, 4.69) is 36.7 Å². The zero-order valence-corrected chi connectivity index (χ0v) is 13.0. The Morgan fingerprint density at radius 1 is 1.33 bits per heavy atom. The van der Waals surface area contributed by atoms with Crippen molar-refractivity contribution in [2.75, 3.05) is 11.9 Å². The molecule has 0 aromatic heterocycles. The molecule has 0 fully saturated rings. The van der Waals surface area contributed by atoms with E-state index in [1.807, 2.05) is 29.2 Å². The van der Waals surface area contributed by atoms with Gasteiger partial charge in [-0.1, -0.05) is 41.1 Å². The highest BCUT2D eigenvalue weighted by molar-refractivity contribution is 9.09. The lowest BCUT2D eigenvalue weighted by Crippen LogP contribution is -2.38. The van der Waals surface area contributed by atoms with E-state index in [1.54, 1.807) is 0 Å². The number of hydrogen-bond donors (Lipinski definition) is 0. The van der Waals surface area contributed by atoms with Crippen LogP contribution < -0.4 is 0 Å². The summed E-state index contributed by atoms with van der Waals surface area (Å²) in [6.45, 7) is 7.03. The SMILES string of the molecule is CCc1ccccc1C(=O)N(CCCBr)C(C)C. The van der Waals surface area contributed by atoms with Crippen LogP contribution >= 0.6 is 15.9 Å². The van der Waals surface area contributed by atoms with Gasteiger partial charge in [0, 0.05) is 23.5 Å². The van der Waals surface area contributed by atoms with E-state index in [0.717, 1.165) is 35.8 Å². The van der Waals surface area contributed by atoms with Gasteiger partial charge in [0.25, 0.3) is 5.91 Å². The van der Waals surface area contributed by atoms with Gasteiger partial charge in [-0.2, -0.15) is 0 Å². The molecule has 0 atom stereocenters. The number of carbonyl (C=O) groups excluding carboxylic acids is 1. The summed E-state index contributed by atoms with van der Waals surface area (Å²) < 4.78 is 0. The van der Waals surface area contributed by atoms with Crippen molar-refractivity contribution < 1.29 is 4.79 Å². The first-order chi connectivity index (χ1) is 8.61. The average Bonchev–Trinajstić information content (AvgIpc) is 2.38. The van der Waals surface area contributed by atoms with Crippen LogP contribution in [-0.2, 0) is 6.42 Å². The molecule has 1 amide bonds. The Labute approximate surface area is 119 Å². The van der Waals surface area contributed by atoms with Gasteiger partial charge >= 0.3 is 0 Å². The molecule has 0 heterocycles. The predicted molar refractivity (Wildman–Crippen MR) is 80.4 cm³/mol. The Kier molecular flexibility index (Phi) is 6.41. The van der Waals surface area contributed by atoms with E-state index in [9.17, 15) is 4.79 Å². The number of alkyl halides is 1. The number of nitrogens with zero attached hydrogens (tertiary/aromatic N) is 1. The molecule has 0 N–H and O–H groups in total. The van der Waals surface area contributed by atoms with Crippen molar-refractivity contribution in [2.45, 2.75) is 39.7 Å². The summed E-state index contributed by atoms with van der Waals surface area (Å²) in [4.78, 5) is 14.5. The average molecular weight is 312 g/mol. The topological polar surface area (TPSA) is 20.3 Å². The molecule has 2 nitrogen and oxygen atoms in total. The minimum Gasteiger partial charge on any atom is -0.336 e. The molecule has 18 heavy (non-hydrogen) atoms. The fraction of sp³-hybridized carbons (Fsp3) is 0.533. The molecule has 0 saturated heterocycles. The van der Waals surface area contributed by atoms with E-state index in [0.29, 0.717) is 0 Å². The Balaban J connectivity index is 2.94. The molecular weight excluding hydrogens is 290 g/mol. The van der Waals surface area contributed by atoms with Crippen LogP contribution in [0.3, 0.4) is 0 Å². The Hall–Kier alpha value is -0.830. The molecule has 0 saturated carbocycles. The number of hydrogen-bond acceptors (Lipinski definition) is 1. The lowest BCUT2D eigenvalue weighted by Gasteiger charge is -2.27. The van der Waals surface area contributed by atoms with Crippen molar-refractivity contribution in [2.24, 2.45) is 0 Å². The fourth-order valence-corrected chi connectivity index (χ4v) is 2.27. The van der Waals surface area contributed by atoms with Crippen molar-refractivity contribution in [3.05, 3.63) is 35.4 Å². The van der Waals surface area contributed by atoms with Crippen molar-refractivity contribution in [1.82, 2.24) is 4.90 Å². The van der Waals surface area contributed by atoms with Crippen LogP contribution in [0.1, 0.15) is 43.1 Å². The molecule has 3 heteroatoms. The Morgan fingerprint density at radius 2 is 2.00 bits per heavy atom. The molecule has 1 aromatic carbocycles. The van der Waals surface area contributed by atoms with Gasteiger partial charge in [0.2, 0.25) is 0 Å². The van der Waals surface area contributed by atoms with E-state index in [-0.39, 0.29) is 11.9 Å². The molecule has 0 aliphatic heterocycles. The highest BCUT2D eigenvalue weighted by atomic mass is 79.9. The number of aryl methyl sites for hydroxylation is 1. The number of rotatable bonds is 6. The summed E-state index contributed by atoms with van der Waals surface area (Å²) in [7, 11) is 0. The number of carbonyl (C=O) groups is 1. The van der Waals surface area contributed by atoms with Crippen LogP contribution in [0.2, 0.25) is 0 Å². The van der Waals surface area contributed by atoms with Crippen LogP contribution in [0.5, 0.6) is 0 Å². The highest BCUT2D eigenvalue weighted by Gasteiger charge is 2.19. The van der Waals surface area contributed by atoms with E-state index in [4.69, 9.17) is 0 Å². The van der Waals surface area contributed by atoms with Gasteiger partial charge in [0.05, 0.1) is 0 Å². The minimum absolute atomic E-state index is 0.156.